The van der Waals surface area contributed by atoms with Crippen molar-refractivity contribution in [2.45, 2.75) is 20.3 Å². The SMILES string of the molecule is COCCC(C)(C)CNc1nccn2cnnc12. The van der Waals surface area contributed by atoms with E-state index in [1.165, 1.54) is 0 Å². The summed E-state index contributed by atoms with van der Waals surface area (Å²) in [6.45, 7) is 5.97. The molecule has 0 atom stereocenters. The molecule has 6 nitrogen and oxygen atoms in total. The fourth-order valence-electron chi connectivity index (χ4n) is 1.67. The van der Waals surface area contributed by atoms with Crippen LogP contribution >= 0.6 is 0 Å². The van der Waals surface area contributed by atoms with E-state index in [-0.39, 0.29) is 5.41 Å². The van der Waals surface area contributed by atoms with Crippen molar-refractivity contribution in [2.75, 3.05) is 25.6 Å². The highest BCUT2D eigenvalue weighted by molar-refractivity contribution is 5.61. The van der Waals surface area contributed by atoms with Gasteiger partial charge in [-0.15, -0.1) is 10.2 Å². The fraction of sp³-hybridized carbons (Fsp3) is 0.583. The topological polar surface area (TPSA) is 64.3 Å². The van der Waals surface area contributed by atoms with Crippen LogP contribution in [-0.2, 0) is 4.74 Å². The smallest absolute Gasteiger partial charge is 0.203 e. The minimum atomic E-state index is 0.143. The Morgan fingerprint density at radius 1 is 1.44 bits per heavy atom. The van der Waals surface area contributed by atoms with Crippen LogP contribution in [0.4, 0.5) is 5.82 Å². The Morgan fingerprint density at radius 3 is 3.06 bits per heavy atom. The van der Waals surface area contributed by atoms with Crippen LogP contribution in [0.25, 0.3) is 5.65 Å². The van der Waals surface area contributed by atoms with E-state index in [0.717, 1.165) is 31.0 Å². The number of aromatic nitrogens is 4. The maximum Gasteiger partial charge on any atom is 0.203 e. The molecule has 0 fully saturated rings. The normalized spacial score (nSPS) is 11.9. The van der Waals surface area contributed by atoms with Crippen molar-refractivity contribution in [1.29, 1.82) is 0 Å². The second-order valence-electron chi connectivity index (χ2n) is 5.10. The van der Waals surface area contributed by atoms with E-state index >= 15 is 0 Å². The predicted octanol–water partition coefficient (Wildman–Crippen LogP) is 1.60. The molecule has 0 unspecified atom stereocenters. The first kappa shape index (κ1) is 12.8. The first-order valence-corrected chi connectivity index (χ1v) is 5.99. The number of methoxy groups -OCH3 is 1. The van der Waals surface area contributed by atoms with Gasteiger partial charge in [0.1, 0.15) is 6.33 Å². The highest BCUT2D eigenvalue weighted by Crippen LogP contribution is 2.21. The molecule has 0 aliphatic rings. The minimum absolute atomic E-state index is 0.143. The Hall–Kier alpha value is -1.69. The molecule has 1 N–H and O–H groups in total. The average Bonchev–Trinajstić information content (AvgIpc) is 2.82. The van der Waals surface area contributed by atoms with Crippen LogP contribution < -0.4 is 5.32 Å². The zero-order valence-corrected chi connectivity index (χ0v) is 11.1. The Morgan fingerprint density at radius 2 is 2.28 bits per heavy atom. The summed E-state index contributed by atoms with van der Waals surface area (Å²) in [6.07, 6.45) is 6.22. The van der Waals surface area contributed by atoms with Gasteiger partial charge < -0.3 is 10.1 Å². The van der Waals surface area contributed by atoms with E-state index in [1.54, 1.807) is 19.6 Å². The number of rotatable bonds is 6. The van der Waals surface area contributed by atoms with Gasteiger partial charge in [-0.3, -0.25) is 4.40 Å². The van der Waals surface area contributed by atoms with E-state index in [9.17, 15) is 0 Å². The van der Waals surface area contributed by atoms with Crippen LogP contribution in [0.3, 0.4) is 0 Å². The maximum atomic E-state index is 5.12. The van der Waals surface area contributed by atoms with E-state index in [0.29, 0.717) is 0 Å². The molecule has 0 radical (unpaired) electrons. The molecular formula is C12H19N5O. The Balaban J connectivity index is 2.03. The summed E-state index contributed by atoms with van der Waals surface area (Å²) in [6, 6.07) is 0. The quantitative estimate of drug-likeness (QED) is 0.842. The van der Waals surface area contributed by atoms with E-state index in [1.807, 2.05) is 10.6 Å². The van der Waals surface area contributed by atoms with Crippen molar-refractivity contribution in [2.24, 2.45) is 5.41 Å². The molecule has 2 rings (SSSR count). The second kappa shape index (κ2) is 5.30. The van der Waals surface area contributed by atoms with Crippen molar-refractivity contribution >= 4 is 11.5 Å². The van der Waals surface area contributed by atoms with Crippen molar-refractivity contribution in [3.8, 4) is 0 Å². The highest BCUT2D eigenvalue weighted by atomic mass is 16.5. The summed E-state index contributed by atoms with van der Waals surface area (Å²) in [7, 11) is 1.72. The van der Waals surface area contributed by atoms with E-state index < -0.39 is 0 Å². The van der Waals surface area contributed by atoms with Gasteiger partial charge in [0.15, 0.2) is 5.82 Å². The van der Waals surface area contributed by atoms with Crippen molar-refractivity contribution in [1.82, 2.24) is 19.6 Å². The number of fused-ring (bicyclic) bond motifs is 1. The van der Waals surface area contributed by atoms with Gasteiger partial charge in [-0.25, -0.2) is 4.98 Å². The highest BCUT2D eigenvalue weighted by Gasteiger charge is 2.18. The molecule has 0 amide bonds. The molecule has 0 aliphatic heterocycles. The molecule has 0 saturated heterocycles. The lowest BCUT2D eigenvalue weighted by Gasteiger charge is -2.24. The second-order valence-corrected chi connectivity index (χ2v) is 5.10. The van der Waals surface area contributed by atoms with Crippen molar-refractivity contribution in [3.05, 3.63) is 18.7 Å². The number of nitrogens with zero attached hydrogens (tertiary/aromatic N) is 4. The first-order chi connectivity index (χ1) is 8.62. The molecule has 98 valence electrons. The molecular weight excluding hydrogens is 230 g/mol. The Kier molecular flexibility index (Phi) is 3.76. The number of anilines is 1. The zero-order chi connectivity index (χ0) is 13.0. The monoisotopic (exact) mass is 249 g/mol. The third-order valence-corrected chi connectivity index (χ3v) is 2.93. The van der Waals surface area contributed by atoms with E-state index in [4.69, 9.17) is 4.74 Å². The predicted molar refractivity (Wildman–Crippen MR) is 69.5 cm³/mol. The van der Waals surface area contributed by atoms with Gasteiger partial charge in [0, 0.05) is 32.7 Å². The van der Waals surface area contributed by atoms with Crippen molar-refractivity contribution in [3.63, 3.8) is 0 Å². The summed E-state index contributed by atoms with van der Waals surface area (Å²) in [5.41, 5.74) is 0.893. The summed E-state index contributed by atoms with van der Waals surface area (Å²) in [5.74, 6) is 0.764. The standard InChI is InChI=1S/C12H19N5O/c1-12(2,4-7-18-3)8-14-10-11-16-15-9-17(11)6-5-13-10/h5-6,9H,4,7-8H2,1-3H3,(H,13,14). The molecule has 0 spiro atoms. The Labute approximate surface area is 106 Å². The molecule has 0 aliphatic carbocycles. The lowest BCUT2D eigenvalue weighted by molar-refractivity contribution is 0.157. The largest absolute Gasteiger partial charge is 0.385 e. The third kappa shape index (κ3) is 2.95. The summed E-state index contributed by atoms with van der Waals surface area (Å²) in [4.78, 5) is 4.30. The lowest BCUT2D eigenvalue weighted by Crippen LogP contribution is -2.25. The number of nitrogens with one attached hydrogen (secondary N) is 1. The van der Waals surface area contributed by atoms with E-state index in [2.05, 4.69) is 34.3 Å². The van der Waals surface area contributed by atoms with Crippen LogP contribution in [0, 0.1) is 5.41 Å². The number of hydrogen-bond donors (Lipinski definition) is 1. The molecule has 2 heterocycles. The molecule has 0 saturated carbocycles. The fourth-order valence-corrected chi connectivity index (χ4v) is 1.67. The van der Waals surface area contributed by atoms with Gasteiger partial charge in [-0.1, -0.05) is 13.8 Å². The molecule has 2 aromatic rings. The molecule has 18 heavy (non-hydrogen) atoms. The zero-order valence-electron chi connectivity index (χ0n) is 11.1. The van der Waals surface area contributed by atoms with Gasteiger partial charge in [0.25, 0.3) is 0 Å². The summed E-state index contributed by atoms with van der Waals surface area (Å²) >= 11 is 0. The number of hydrogen-bond acceptors (Lipinski definition) is 5. The molecule has 0 aromatic carbocycles. The molecule has 2 aromatic heterocycles. The van der Waals surface area contributed by atoms with Crippen LogP contribution in [0.5, 0.6) is 0 Å². The third-order valence-electron chi connectivity index (χ3n) is 2.93. The number of ether oxygens (including phenoxy) is 1. The van der Waals surface area contributed by atoms with Gasteiger partial charge in [-0.2, -0.15) is 0 Å². The molecule has 0 bridgehead atoms. The molecule has 6 heteroatoms. The van der Waals surface area contributed by atoms with Gasteiger partial charge in [0.2, 0.25) is 5.65 Å². The van der Waals surface area contributed by atoms with Gasteiger partial charge in [-0.05, 0) is 11.8 Å². The van der Waals surface area contributed by atoms with Crippen LogP contribution in [0.2, 0.25) is 0 Å². The van der Waals surface area contributed by atoms with Gasteiger partial charge >= 0.3 is 0 Å². The van der Waals surface area contributed by atoms with Crippen LogP contribution in [-0.4, -0.2) is 39.8 Å². The van der Waals surface area contributed by atoms with Gasteiger partial charge in [0.05, 0.1) is 0 Å². The Bertz CT molecular complexity index is 508. The van der Waals surface area contributed by atoms with Crippen LogP contribution in [0.15, 0.2) is 18.7 Å². The van der Waals surface area contributed by atoms with Crippen molar-refractivity contribution < 1.29 is 4.74 Å². The average molecular weight is 249 g/mol. The summed E-state index contributed by atoms with van der Waals surface area (Å²) in [5, 5.41) is 11.2. The first-order valence-electron chi connectivity index (χ1n) is 5.99. The minimum Gasteiger partial charge on any atom is -0.385 e. The lowest BCUT2D eigenvalue weighted by atomic mass is 9.90. The van der Waals surface area contributed by atoms with Crippen LogP contribution in [0.1, 0.15) is 20.3 Å². The summed E-state index contributed by atoms with van der Waals surface area (Å²) < 4.78 is 6.96. The maximum absolute atomic E-state index is 5.12.